The van der Waals surface area contributed by atoms with Gasteiger partial charge < -0.3 is 47.4 Å². The van der Waals surface area contributed by atoms with Crippen LogP contribution in [-0.4, -0.2) is 97.0 Å². The zero-order valence-electron chi connectivity index (χ0n) is 28.7. The number of rotatable bonds is 9. The van der Waals surface area contributed by atoms with Gasteiger partial charge in [0, 0.05) is 38.7 Å². The van der Waals surface area contributed by atoms with E-state index in [1.807, 2.05) is 0 Å². The molecule has 2 aliphatic carbocycles. The van der Waals surface area contributed by atoms with Gasteiger partial charge in [0.05, 0.1) is 31.3 Å². The Balaban J connectivity index is 1.53. The van der Waals surface area contributed by atoms with Gasteiger partial charge in [0.15, 0.2) is 30.2 Å². The molecule has 2 saturated heterocycles. The Morgan fingerprint density at radius 1 is 0.940 bits per heavy atom. The number of fused-ring (bicyclic) bond motifs is 3. The van der Waals surface area contributed by atoms with E-state index >= 15 is 0 Å². The molecule has 0 aromatic carbocycles. The van der Waals surface area contributed by atoms with E-state index in [1.165, 1.54) is 19.6 Å². The number of aliphatic hydroxyl groups is 1. The number of furan rings is 1. The lowest BCUT2D eigenvalue weighted by atomic mass is 9.50. The number of methoxy groups -OCH3 is 1. The zero-order valence-corrected chi connectivity index (χ0v) is 28.7. The Morgan fingerprint density at radius 2 is 1.60 bits per heavy atom. The first-order valence-electron chi connectivity index (χ1n) is 16.3. The van der Waals surface area contributed by atoms with Crippen LogP contribution in [0.4, 0.5) is 0 Å². The van der Waals surface area contributed by atoms with Gasteiger partial charge in [-0.15, -0.1) is 0 Å². The smallest absolute Gasteiger partial charge is 0.339 e. The van der Waals surface area contributed by atoms with Crippen molar-refractivity contribution in [1.29, 1.82) is 0 Å². The van der Waals surface area contributed by atoms with Crippen LogP contribution in [0, 0.1) is 11.3 Å². The van der Waals surface area contributed by atoms with Crippen LogP contribution in [0.1, 0.15) is 78.4 Å². The van der Waals surface area contributed by atoms with Crippen molar-refractivity contribution in [3.05, 3.63) is 35.3 Å². The van der Waals surface area contributed by atoms with Crippen LogP contribution < -0.4 is 0 Å². The lowest BCUT2D eigenvalue weighted by Gasteiger charge is -2.58. The molecular formula is C34H42O16. The van der Waals surface area contributed by atoms with Crippen LogP contribution in [0.15, 0.2) is 34.2 Å². The molecule has 1 aromatic rings. The number of hydrogen-bond donors (Lipinski definition) is 1. The van der Waals surface area contributed by atoms with Crippen molar-refractivity contribution in [3.8, 4) is 0 Å². The van der Waals surface area contributed by atoms with Crippen LogP contribution in [0.2, 0.25) is 0 Å². The summed E-state index contributed by atoms with van der Waals surface area (Å²) < 4.78 is 50.3. The molecule has 4 aliphatic rings. The summed E-state index contributed by atoms with van der Waals surface area (Å²) in [7, 11) is 1.21. The summed E-state index contributed by atoms with van der Waals surface area (Å²) in [5.41, 5.74) is -1.52. The molecule has 274 valence electrons. The van der Waals surface area contributed by atoms with E-state index in [0.717, 1.165) is 27.7 Å². The molecule has 1 N–H and O–H groups in total. The SMILES string of the molecule is COC(=O)C1=C2CC[C@]3(O)C(=O)O[C@H](c4ccoc4)C[C@@]3(C)[C@@H]2CC[C@H]1O[C@@H]1O[C@H](COC(C)=O)[C@@H](OC(C)=O)[C@H](OC(C)=O)[C@H]1OC(C)=O. The highest BCUT2D eigenvalue weighted by Gasteiger charge is 2.65. The van der Waals surface area contributed by atoms with Crippen molar-refractivity contribution in [2.75, 3.05) is 13.7 Å². The van der Waals surface area contributed by atoms with Crippen LogP contribution in [0.3, 0.4) is 0 Å². The lowest BCUT2D eigenvalue weighted by Crippen LogP contribution is -2.64. The molecule has 1 saturated carbocycles. The molecule has 3 fully saturated rings. The second-order valence-electron chi connectivity index (χ2n) is 13.2. The molecule has 16 nitrogen and oxygen atoms in total. The maximum Gasteiger partial charge on any atom is 0.339 e. The van der Waals surface area contributed by atoms with E-state index in [2.05, 4.69) is 0 Å². The second-order valence-corrected chi connectivity index (χ2v) is 13.2. The van der Waals surface area contributed by atoms with E-state index < -0.39 is 102 Å². The van der Waals surface area contributed by atoms with Crippen molar-refractivity contribution in [3.63, 3.8) is 0 Å². The predicted molar refractivity (Wildman–Crippen MR) is 163 cm³/mol. The second kappa shape index (κ2) is 14.5. The summed E-state index contributed by atoms with van der Waals surface area (Å²) in [6, 6.07) is 1.68. The third kappa shape index (κ3) is 7.01. The van der Waals surface area contributed by atoms with E-state index in [0.29, 0.717) is 17.6 Å². The first-order chi connectivity index (χ1) is 23.6. The highest BCUT2D eigenvalue weighted by Crippen LogP contribution is 2.61. The van der Waals surface area contributed by atoms with E-state index in [4.69, 9.17) is 42.3 Å². The summed E-state index contributed by atoms with van der Waals surface area (Å²) in [5, 5.41) is 11.9. The Morgan fingerprint density at radius 3 is 2.20 bits per heavy atom. The van der Waals surface area contributed by atoms with Crippen molar-refractivity contribution >= 4 is 35.8 Å². The Kier molecular flexibility index (Phi) is 10.7. The molecule has 2 aliphatic heterocycles. The van der Waals surface area contributed by atoms with Crippen molar-refractivity contribution in [1.82, 2.24) is 0 Å². The minimum atomic E-state index is -1.84. The summed E-state index contributed by atoms with van der Waals surface area (Å²) in [5.74, 6) is -5.04. The number of ether oxygens (including phenoxy) is 8. The fourth-order valence-corrected chi connectivity index (χ4v) is 7.85. The van der Waals surface area contributed by atoms with Gasteiger partial charge in [-0.3, -0.25) is 19.2 Å². The minimum Gasteiger partial charge on any atom is -0.472 e. The van der Waals surface area contributed by atoms with E-state index in [9.17, 15) is 33.9 Å². The standard InChI is InChI=1S/C34H42O16/c1-16(35)44-15-25-27(45-17(2)36)28(46-18(3)37)29(47-19(4)38)31(49-25)48-23-8-7-22-21(26(23)30(39)42-6)9-11-34(41)32(40)50-24(13-33(22,34)5)20-10-12-43-14-20/h10,12,14,22-25,27-29,31,41H,7-9,11,13,15H2,1-6H3/t22-,23-,24+,25-,27-,28+,29-,31-,33+,34+/m1/s1. The van der Waals surface area contributed by atoms with Gasteiger partial charge >= 0.3 is 35.8 Å². The lowest BCUT2D eigenvalue weighted by molar-refractivity contribution is -0.315. The summed E-state index contributed by atoms with van der Waals surface area (Å²) in [6.45, 7) is 5.83. The fraction of sp³-hybridized carbons (Fsp3) is 0.647. The Labute approximate surface area is 287 Å². The monoisotopic (exact) mass is 706 g/mol. The van der Waals surface area contributed by atoms with Crippen LogP contribution in [0.25, 0.3) is 0 Å². The highest BCUT2D eigenvalue weighted by atomic mass is 16.7. The van der Waals surface area contributed by atoms with Gasteiger partial charge in [-0.2, -0.15) is 0 Å². The van der Waals surface area contributed by atoms with Crippen LogP contribution in [-0.2, 0) is 66.7 Å². The van der Waals surface area contributed by atoms with Crippen LogP contribution in [0.5, 0.6) is 0 Å². The average Bonchev–Trinajstić information content (AvgIpc) is 3.58. The van der Waals surface area contributed by atoms with Gasteiger partial charge in [0.1, 0.15) is 18.8 Å². The van der Waals surface area contributed by atoms with Gasteiger partial charge in [-0.05, 0) is 44.1 Å². The first kappa shape index (κ1) is 37.0. The van der Waals surface area contributed by atoms with Crippen molar-refractivity contribution in [2.24, 2.45) is 11.3 Å². The van der Waals surface area contributed by atoms with Crippen LogP contribution >= 0.6 is 0 Å². The minimum absolute atomic E-state index is 0.0431. The summed E-state index contributed by atoms with van der Waals surface area (Å²) in [4.78, 5) is 75.5. The number of carbonyl (C=O) groups excluding carboxylic acids is 6. The molecule has 50 heavy (non-hydrogen) atoms. The molecule has 5 rings (SSSR count). The molecular weight excluding hydrogens is 664 g/mol. The molecule has 10 atom stereocenters. The molecule has 0 spiro atoms. The highest BCUT2D eigenvalue weighted by molar-refractivity contribution is 5.91. The van der Waals surface area contributed by atoms with Crippen molar-refractivity contribution < 1.29 is 76.2 Å². The normalized spacial score (nSPS) is 35.1. The largest absolute Gasteiger partial charge is 0.472 e. The third-order valence-electron chi connectivity index (χ3n) is 10.0. The zero-order chi connectivity index (χ0) is 36.5. The van der Waals surface area contributed by atoms with Gasteiger partial charge in [-0.1, -0.05) is 12.5 Å². The van der Waals surface area contributed by atoms with E-state index in [1.54, 1.807) is 13.0 Å². The topological polar surface area (TPSA) is 210 Å². The fourth-order valence-electron chi connectivity index (χ4n) is 7.85. The first-order valence-corrected chi connectivity index (χ1v) is 16.3. The quantitative estimate of drug-likeness (QED) is 0.288. The molecule has 3 heterocycles. The Bertz CT molecular complexity index is 1530. The van der Waals surface area contributed by atoms with Crippen molar-refractivity contribution in [2.45, 2.75) is 115 Å². The molecule has 1 aromatic heterocycles. The molecule has 0 bridgehead atoms. The number of cyclic esters (lactones) is 1. The van der Waals surface area contributed by atoms with Gasteiger partial charge in [-0.25, -0.2) is 9.59 Å². The molecule has 0 amide bonds. The number of hydrogen-bond acceptors (Lipinski definition) is 16. The predicted octanol–water partition coefficient (Wildman–Crippen LogP) is 2.15. The average molecular weight is 707 g/mol. The maximum atomic E-state index is 13.6. The van der Waals surface area contributed by atoms with Gasteiger partial charge in [0.2, 0.25) is 0 Å². The number of allylic oxidation sites excluding steroid dienone is 1. The van der Waals surface area contributed by atoms with Gasteiger partial charge in [0.25, 0.3) is 0 Å². The molecule has 16 heteroatoms. The summed E-state index contributed by atoms with van der Waals surface area (Å²) >= 11 is 0. The summed E-state index contributed by atoms with van der Waals surface area (Å²) in [6.07, 6.45) is -5.13. The third-order valence-corrected chi connectivity index (χ3v) is 10.0. The van der Waals surface area contributed by atoms with E-state index in [-0.39, 0.29) is 31.3 Å². The maximum absolute atomic E-state index is 13.6. The molecule has 0 unspecified atom stereocenters. The number of carbonyl (C=O) groups is 6. The Hall–Kier alpha value is -4.28. The number of esters is 6. The molecule has 0 radical (unpaired) electrons.